The number of carbonyl (C=O) groups is 4. The summed E-state index contributed by atoms with van der Waals surface area (Å²) in [7, 11) is 0. The lowest BCUT2D eigenvalue weighted by Crippen LogP contribution is -2.22. The van der Waals surface area contributed by atoms with E-state index in [2.05, 4.69) is 285 Å². The van der Waals surface area contributed by atoms with Gasteiger partial charge in [-0.2, -0.15) is 11.8 Å². The van der Waals surface area contributed by atoms with Gasteiger partial charge in [-0.05, 0) is 202 Å². The van der Waals surface area contributed by atoms with Gasteiger partial charge in [-0.25, -0.2) is 0 Å². The molecule has 714 valence electrons. The fourth-order valence-corrected chi connectivity index (χ4v) is 9.05. The molecule has 1 atom stereocenters. The van der Waals surface area contributed by atoms with Crippen LogP contribution in [-0.4, -0.2) is 70.1 Å². The number of Topliss-reactive ketones (excluding diaryl/α,β-unsaturated/α-hetero) is 1. The molecule has 2 amide bonds. The molecule has 0 saturated carbocycles. The number of primary amides is 2. The average Bonchev–Trinajstić information content (AvgIpc) is 1.69. The van der Waals surface area contributed by atoms with Gasteiger partial charge in [0.1, 0.15) is 5.78 Å². The molecule has 2 aliphatic rings. The van der Waals surface area contributed by atoms with Gasteiger partial charge in [-0.3, -0.25) is 24.4 Å². The van der Waals surface area contributed by atoms with Crippen LogP contribution in [0.2, 0.25) is 0 Å². The van der Waals surface area contributed by atoms with Crippen molar-refractivity contribution in [1.82, 2.24) is 0 Å². The number of thioether (sulfide) groups is 1. The van der Waals surface area contributed by atoms with Crippen LogP contribution >= 0.6 is 11.8 Å². The summed E-state index contributed by atoms with van der Waals surface area (Å²) in [6.45, 7) is 82.3. The van der Waals surface area contributed by atoms with Crippen molar-refractivity contribution in [2.45, 2.75) is 446 Å². The highest BCUT2D eigenvalue weighted by Crippen LogP contribution is 2.31. The summed E-state index contributed by atoms with van der Waals surface area (Å²) in [4.78, 5) is 48.4. The number of aliphatic imine (C=N–C) groups is 2. The second kappa shape index (κ2) is 106. The number of unbranched alkanes of at least 4 members (excludes halogenated alkanes) is 3. The number of guanidine groups is 1. The number of allylic oxidation sites excluding steroid dienone is 3. The molecule has 10 N–H and O–H groups in total. The van der Waals surface area contributed by atoms with Crippen molar-refractivity contribution in [1.29, 1.82) is 0 Å². The monoisotopic (exact) mass is 1700 g/mol. The zero-order valence-corrected chi connectivity index (χ0v) is 85.4. The van der Waals surface area contributed by atoms with Crippen molar-refractivity contribution in [3.8, 4) is 0 Å². The number of hydrogen-bond donors (Lipinski definition) is 6. The molecule has 0 bridgehead atoms. The molecule has 0 spiro atoms. The second-order valence-corrected chi connectivity index (χ2v) is 38.6. The van der Waals surface area contributed by atoms with Crippen LogP contribution in [0.5, 0.6) is 0 Å². The van der Waals surface area contributed by atoms with E-state index in [9.17, 15) is 19.2 Å². The highest BCUT2D eigenvalue weighted by atomic mass is 32.2. The number of aliphatic carboxylic acids is 1. The zero-order chi connectivity index (χ0) is 92.9. The predicted molar refractivity (Wildman–Crippen MR) is 550 cm³/mol. The van der Waals surface area contributed by atoms with Crippen LogP contribution < -0.4 is 22.9 Å². The SMILES string of the molecule is C.C.C.CC(=O)CCC(C)C.CC(C)C(C)O.CC(C)CC(=O)O.CC(C)CC(N)=O.CC(C)CC1=CCc2ccccc21.CC(C)CC1=NC=CC1.CC(C)CCC(N)=O.CC(C)CCCN=C(N)N.CCC(C)C.CCC(C)C.CCC(C)C.CCCCC(C)C.CCCCCC(C)C.CSCCC(C)C.Cc1ccc(CC(C)C)cc1. The van der Waals surface area contributed by atoms with Crippen LogP contribution in [0, 0.1) is 95.7 Å². The van der Waals surface area contributed by atoms with Gasteiger partial charge < -0.3 is 37.9 Å². The number of amides is 2. The topological polar surface area (TPSA) is 238 Å². The largest absolute Gasteiger partial charge is 0.481 e. The normalized spacial score (nSPS) is 11.1. The van der Waals surface area contributed by atoms with Crippen molar-refractivity contribution in [2.24, 2.45) is 122 Å². The Morgan fingerprint density at radius 3 is 1.09 bits per heavy atom. The number of carboxylic acid groups (broad SMARTS) is 1. The Hall–Kier alpha value is -4.75. The minimum atomic E-state index is -0.713. The summed E-state index contributed by atoms with van der Waals surface area (Å²) in [5.41, 5.74) is 28.7. The minimum absolute atomic E-state index is 0. The molecule has 1 unspecified atom stereocenters. The van der Waals surface area contributed by atoms with Gasteiger partial charge in [0.2, 0.25) is 11.8 Å². The van der Waals surface area contributed by atoms with E-state index in [0.29, 0.717) is 42.3 Å². The molecule has 0 radical (unpaired) electrons. The Balaban J connectivity index is -0.0000000832. The van der Waals surface area contributed by atoms with E-state index < -0.39 is 5.97 Å². The van der Waals surface area contributed by atoms with E-state index in [4.69, 9.17) is 33.1 Å². The fraction of sp³-hybridized carbons (Fsp3) is 0.792. The number of fused-ring (bicyclic) bond motifs is 1. The lowest BCUT2D eigenvalue weighted by Gasteiger charge is -2.07. The van der Waals surface area contributed by atoms with Gasteiger partial charge in [-0.1, -0.05) is 395 Å². The summed E-state index contributed by atoms with van der Waals surface area (Å²) in [5.74, 6) is 11.4. The van der Waals surface area contributed by atoms with E-state index in [0.717, 1.165) is 111 Å². The third kappa shape index (κ3) is 165. The first-order valence-electron chi connectivity index (χ1n) is 46.2. The van der Waals surface area contributed by atoms with E-state index >= 15 is 0 Å². The number of rotatable bonds is 34. The van der Waals surface area contributed by atoms with Crippen LogP contribution in [0.15, 0.2) is 76.9 Å². The molecule has 4 rings (SSSR count). The maximum atomic E-state index is 10.3. The Kier molecular flexibility index (Phi) is 129. The maximum absolute atomic E-state index is 10.3. The van der Waals surface area contributed by atoms with Crippen LogP contribution in [0.4, 0.5) is 0 Å². The number of carbonyl (C=O) groups excluding carboxylic acids is 3. The van der Waals surface area contributed by atoms with Gasteiger partial charge in [0.15, 0.2) is 5.96 Å². The summed E-state index contributed by atoms with van der Waals surface area (Å²) in [6.07, 6.45) is 35.5. The Labute approximate surface area is 752 Å². The lowest BCUT2D eigenvalue weighted by atomic mass is 9.98. The molecule has 0 aromatic heterocycles. The first-order chi connectivity index (χ1) is 53.6. The molecule has 119 heavy (non-hydrogen) atoms. The van der Waals surface area contributed by atoms with Gasteiger partial charge in [-0.15, -0.1) is 0 Å². The summed E-state index contributed by atoms with van der Waals surface area (Å²) >= 11 is 1.93. The third-order valence-electron chi connectivity index (χ3n) is 17.0. The molecule has 0 saturated heterocycles. The van der Waals surface area contributed by atoms with Crippen molar-refractivity contribution < 1.29 is 29.4 Å². The molecule has 2 aromatic carbocycles. The molecule has 1 aliphatic carbocycles. The second-order valence-electron chi connectivity index (χ2n) is 37.6. The molecule has 0 fully saturated rings. The smallest absolute Gasteiger partial charge is 0.303 e. The standard InChI is InChI=1S/C13H16.C11H16.C8H13N.C8H18.C7H17N3.C7H14O.C7H16.C6H13NO.C6H14S.C5H11NO.C5H10O2.C5H12O.3C5H12.3CH4/c1-10(2)9-12-8-7-11-5-3-4-6-13(11)12;1-9(2)8-11-6-4-10(3)5-7-11;1-7(2)6-8-4-3-5-9-8;1-4-5-6-7-8(2)3;1-6(2)4-3-5-10-7(8)9;1-6(2)4-5-7(3)8;1-4-5-6-7(2)3;1-5(2)3-4-6(7)8;1-6(2)4-5-7-3;2*1-4(2)3-5(6)7;1-4(2)5(3)6;3*1-4-5(2)3;;;/h3-6,8,10H,7,9H2,1-2H3;4-7,9H,8H2,1-3H3;3,5,7H,4,6H2,1-2H3;8H,4-7H2,1-3H3;6H,3-5H2,1-2H3,(H4,8,9,10);6H,4-5H2,1-3H3;7H,4-6H2,1-3H3;5H,3-4H2,1-2H3,(H2,7,8);6H,4-5H2,1-3H3;4H,3H2,1-2H3,(H2,6,7);4H,3H2,1-2H3,(H,6,7);4-6H,1-3H3;3*5H,4H2,1-3H3;3*1H4. The van der Waals surface area contributed by atoms with Gasteiger partial charge in [0.05, 0.1) is 6.10 Å². The van der Waals surface area contributed by atoms with E-state index in [1.165, 1.54) is 124 Å². The number of aryl methyl sites for hydroxylation is 1. The first kappa shape index (κ1) is 146. The Bertz CT molecular complexity index is 2420. The number of aliphatic hydroxyl groups is 1. The minimum Gasteiger partial charge on any atom is -0.481 e. The van der Waals surface area contributed by atoms with Crippen LogP contribution in [0.3, 0.4) is 0 Å². The van der Waals surface area contributed by atoms with E-state index in [1.54, 1.807) is 19.4 Å². The molecule has 2 aromatic rings. The van der Waals surface area contributed by atoms with Crippen molar-refractivity contribution in [3.05, 3.63) is 89.1 Å². The molecule has 12 nitrogen and oxygen atoms in total. The summed E-state index contributed by atoms with van der Waals surface area (Å²) in [5, 5.41) is 16.7. The Morgan fingerprint density at radius 1 is 0.454 bits per heavy atom. The van der Waals surface area contributed by atoms with E-state index in [1.807, 2.05) is 59.5 Å². The van der Waals surface area contributed by atoms with Crippen molar-refractivity contribution in [2.75, 3.05) is 18.6 Å². The van der Waals surface area contributed by atoms with Gasteiger partial charge in [0.25, 0.3) is 0 Å². The lowest BCUT2D eigenvalue weighted by molar-refractivity contribution is -0.137. The highest BCUT2D eigenvalue weighted by Gasteiger charge is 2.14. The van der Waals surface area contributed by atoms with E-state index in [-0.39, 0.29) is 58.5 Å². The number of benzene rings is 2. The van der Waals surface area contributed by atoms with Crippen LogP contribution in [0.1, 0.15) is 442 Å². The number of hydrogen-bond acceptors (Lipinski definition) is 8. The third-order valence-corrected chi connectivity index (χ3v) is 17.6. The molecule has 1 heterocycles. The maximum Gasteiger partial charge on any atom is 0.303 e. The quantitative estimate of drug-likeness (QED) is 0.0222. The molecule has 13 heteroatoms. The highest BCUT2D eigenvalue weighted by molar-refractivity contribution is 7.98. The first-order valence-corrected chi connectivity index (χ1v) is 47.6. The van der Waals surface area contributed by atoms with Gasteiger partial charge >= 0.3 is 5.97 Å². The number of nitrogens with zero attached hydrogens (tertiary/aromatic N) is 2. The van der Waals surface area contributed by atoms with Crippen LogP contribution in [0.25, 0.3) is 5.57 Å². The number of aliphatic hydroxyl groups excluding tert-OH is 1. The van der Waals surface area contributed by atoms with Crippen molar-refractivity contribution >= 4 is 52.6 Å². The Morgan fingerprint density at radius 2 is 0.840 bits per heavy atom. The molecule has 1 aliphatic heterocycles. The molecular weight excluding hydrogens is 1490 g/mol. The predicted octanol–water partition coefficient (Wildman–Crippen LogP) is 32.0. The fourth-order valence-electron chi connectivity index (χ4n) is 8.34. The summed E-state index contributed by atoms with van der Waals surface area (Å²) in [6, 6.07) is 17.5. The van der Waals surface area contributed by atoms with Crippen molar-refractivity contribution in [3.63, 3.8) is 0 Å². The zero-order valence-electron chi connectivity index (χ0n) is 84.6. The summed E-state index contributed by atoms with van der Waals surface area (Å²) < 4.78 is 0. The number of ketones is 1. The van der Waals surface area contributed by atoms with Gasteiger partial charge in [0, 0.05) is 50.6 Å². The number of carboxylic acids is 1. The average molecular weight is 1710 g/mol. The number of nitrogens with two attached hydrogens (primary N) is 4. The molecular formula is C106H218N6O6S. The van der Waals surface area contributed by atoms with Crippen LogP contribution in [-0.2, 0) is 32.0 Å².